The summed E-state index contributed by atoms with van der Waals surface area (Å²) in [5.41, 5.74) is 5.90. The van der Waals surface area contributed by atoms with Gasteiger partial charge in [0.15, 0.2) is 0 Å². The van der Waals surface area contributed by atoms with E-state index in [0.717, 1.165) is 36.2 Å². The first-order valence-corrected chi connectivity index (χ1v) is 14.1. The highest BCUT2D eigenvalue weighted by Gasteiger charge is 2.43. The summed E-state index contributed by atoms with van der Waals surface area (Å²) in [7, 11) is 0. The number of aromatic amines is 2. The van der Waals surface area contributed by atoms with Gasteiger partial charge in [-0.25, -0.2) is 4.98 Å². The molecule has 39 heavy (non-hydrogen) atoms. The summed E-state index contributed by atoms with van der Waals surface area (Å²) in [6.45, 7) is 10.2. The first-order chi connectivity index (χ1) is 18.8. The predicted molar refractivity (Wildman–Crippen MR) is 158 cm³/mol. The number of aryl methyl sites for hydroxylation is 1. The lowest BCUT2D eigenvalue weighted by Crippen LogP contribution is -2.30. The fraction of sp³-hybridized carbons (Fsp3) is 0.400. The van der Waals surface area contributed by atoms with Crippen LogP contribution in [0.4, 0.5) is 11.4 Å². The highest BCUT2D eigenvalue weighted by Crippen LogP contribution is 2.42. The van der Waals surface area contributed by atoms with E-state index in [0.29, 0.717) is 33.1 Å². The number of anilines is 2. The molecule has 2 atom stereocenters. The van der Waals surface area contributed by atoms with Crippen LogP contribution < -0.4 is 15.8 Å². The minimum atomic E-state index is -0.788. The van der Waals surface area contributed by atoms with E-state index in [1.54, 1.807) is 30.5 Å². The van der Waals surface area contributed by atoms with Gasteiger partial charge in [0.05, 0.1) is 22.8 Å². The maximum absolute atomic E-state index is 13.0. The average Bonchev–Trinajstić information content (AvgIpc) is 3.66. The van der Waals surface area contributed by atoms with E-state index < -0.39 is 6.10 Å². The van der Waals surface area contributed by atoms with E-state index in [4.69, 9.17) is 16.6 Å². The Balaban J connectivity index is 1.26. The quantitative estimate of drug-likeness (QED) is 0.262. The van der Waals surface area contributed by atoms with Crippen LogP contribution in [-0.2, 0) is 0 Å². The number of pyridine rings is 1. The summed E-state index contributed by atoms with van der Waals surface area (Å²) in [6, 6.07) is 13.3. The summed E-state index contributed by atoms with van der Waals surface area (Å²) >= 11 is 6.09. The van der Waals surface area contributed by atoms with Crippen molar-refractivity contribution in [2.45, 2.75) is 32.8 Å². The van der Waals surface area contributed by atoms with Gasteiger partial charge in [0, 0.05) is 48.5 Å². The molecule has 0 radical (unpaired) electrons. The predicted octanol–water partition coefficient (Wildman–Crippen LogP) is 4.95. The van der Waals surface area contributed by atoms with Gasteiger partial charge in [0.2, 0.25) is 0 Å². The maximum Gasteiger partial charge on any atom is 0.261 e. The lowest BCUT2D eigenvalue weighted by molar-refractivity contribution is 0.191. The number of fused-ring (bicyclic) bond motifs is 1. The number of imidazole rings is 1. The van der Waals surface area contributed by atoms with Crippen LogP contribution >= 0.6 is 11.6 Å². The van der Waals surface area contributed by atoms with E-state index >= 15 is 0 Å². The third-order valence-corrected chi connectivity index (χ3v) is 8.68. The van der Waals surface area contributed by atoms with Crippen molar-refractivity contribution < 1.29 is 5.11 Å². The van der Waals surface area contributed by atoms with E-state index in [9.17, 15) is 9.90 Å². The van der Waals surface area contributed by atoms with E-state index in [1.807, 2.05) is 6.07 Å². The minimum absolute atomic E-state index is 0.215. The molecule has 1 spiro atoms. The van der Waals surface area contributed by atoms with Crippen LogP contribution in [-0.4, -0.2) is 64.2 Å². The highest BCUT2D eigenvalue weighted by molar-refractivity contribution is 6.30. The Morgan fingerprint density at radius 1 is 1.18 bits per heavy atom. The van der Waals surface area contributed by atoms with Gasteiger partial charge < -0.3 is 30.2 Å². The zero-order valence-electron chi connectivity index (χ0n) is 22.4. The molecule has 2 aliphatic rings. The molecule has 4 heterocycles. The van der Waals surface area contributed by atoms with E-state index in [1.165, 1.54) is 31.6 Å². The number of likely N-dealkylation sites (tertiary alicyclic amines) is 1. The molecule has 4 N–H and O–H groups in total. The normalized spacial score (nSPS) is 20.4. The van der Waals surface area contributed by atoms with Crippen LogP contribution in [0.15, 0.2) is 53.5 Å². The van der Waals surface area contributed by atoms with Crippen molar-refractivity contribution >= 4 is 34.0 Å². The van der Waals surface area contributed by atoms with Gasteiger partial charge in [-0.3, -0.25) is 4.79 Å². The molecule has 204 valence electrons. The summed E-state index contributed by atoms with van der Waals surface area (Å²) < 4.78 is 0. The first kappa shape index (κ1) is 25.9. The zero-order valence-corrected chi connectivity index (χ0v) is 23.2. The van der Waals surface area contributed by atoms with Gasteiger partial charge in [-0.05, 0) is 74.3 Å². The molecule has 0 saturated carbocycles. The topological polar surface area (TPSA) is 100 Å². The van der Waals surface area contributed by atoms with Crippen molar-refractivity contribution in [3.8, 4) is 11.4 Å². The maximum atomic E-state index is 13.0. The molecule has 9 heteroatoms. The smallest absolute Gasteiger partial charge is 0.261 e. The number of H-pyrrole nitrogens is 2. The zero-order chi connectivity index (χ0) is 27.1. The number of rotatable bonds is 7. The highest BCUT2D eigenvalue weighted by atomic mass is 35.5. The third-order valence-electron chi connectivity index (χ3n) is 8.45. The summed E-state index contributed by atoms with van der Waals surface area (Å²) in [6.07, 6.45) is 3.30. The standard InChI is InChI=1S/C30H35ClN6O2/c1-3-36-11-8-30(17-36)9-12-37(18-30)22-13-19(2)27-24(15-22)34-28(35-27)26-23(7-10-32-29(26)39)33-16-25(38)20-5-4-6-21(31)14-20/h4-7,10,13-15,25,38H,3,8-9,11-12,16-18H2,1-2H3,(H,34,35)(H2,32,33,39). The third kappa shape index (κ3) is 5.04. The van der Waals surface area contributed by atoms with Gasteiger partial charge in [0.25, 0.3) is 5.56 Å². The van der Waals surface area contributed by atoms with E-state index in [-0.39, 0.29) is 12.1 Å². The molecule has 2 fully saturated rings. The Kier molecular flexibility index (Phi) is 6.87. The number of halogens is 1. The minimum Gasteiger partial charge on any atom is -0.387 e. The second kappa shape index (κ2) is 10.3. The van der Waals surface area contributed by atoms with Crippen LogP contribution in [0.5, 0.6) is 0 Å². The molecule has 2 aromatic carbocycles. The van der Waals surface area contributed by atoms with Crippen LogP contribution in [0, 0.1) is 12.3 Å². The van der Waals surface area contributed by atoms with Crippen molar-refractivity contribution in [2.24, 2.45) is 5.41 Å². The molecule has 6 rings (SSSR count). The number of benzene rings is 2. The van der Waals surface area contributed by atoms with Crippen LogP contribution in [0.3, 0.4) is 0 Å². The lowest BCUT2D eigenvalue weighted by Gasteiger charge is -2.25. The van der Waals surface area contributed by atoms with Crippen molar-refractivity contribution in [1.82, 2.24) is 19.9 Å². The second-order valence-electron chi connectivity index (χ2n) is 11.1. The number of nitrogens with zero attached hydrogens (tertiary/aromatic N) is 3. The molecule has 2 aromatic heterocycles. The number of aliphatic hydroxyl groups is 1. The number of aliphatic hydroxyl groups excluding tert-OH is 1. The van der Waals surface area contributed by atoms with Gasteiger partial charge in [0.1, 0.15) is 11.4 Å². The SMILES string of the molecule is CCN1CCC2(CCN(c3cc(C)c4nc(-c5c(NCC(O)c6cccc(Cl)c6)cc[nH]c5=O)[nH]c4c3)C2)C1. The lowest BCUT2D eigenvalue weighted by atomic mass is 9.86. The van der Waals surface area contributed by atoms with Crippen molar-refractivity contribution in [2.75, 3.05) is 49.5 Å². The van der Waals surface area contributed by atoms with Gasteiger partial charge in [-0.1, -0.05) is 30.7 Å². The summed E-state index contributed by atoms with van der Waals surface area (Å²) in [4.78, 5) is 29.1. The molecule has 8 nitrogen and oxygen atoms in total. The Hall–Kier alpha value is -3.33. The fourth-order valence-corrected chi connectivity index (χ4v) is 6.46. The van der Waals surface area contributed by atoms with Gasteiger partial charge >= 0.3 is 0 Å². The molecule has 0 aliphatic carbocycles. The molecular formula is C30H35ClN6O2. The van der Waals surface area contributed by atoms with Crippen LogP contribution in [0.25, 0.3) is 22.4 Å². The van der Waals surface area contributed by atoms with Crippen molar-refractivity contribution in [3.05, 3.63) is 75.2 Å². The monoisotopic (exact) mass is 546 g/mol. The molecular weight excluding hydrogens is 512 g/mol. The van der Waals surface area contributed by atoms with Gasteiger partial charge in [-0.2, -0.15) is 0 Å². The Bertz CT molecular complexity index is 1560. The number of nitrogens with one attached hydrogen (secondary N) is 3. The molecule has 0 bridgehead atoms. The molecule has 2 saturated heterocycles. The first-order valence-electron chi connectivity index (χ1n) is 13.7. The molecule has 0 amide bonds. The number of hydrogen-bond acceptors (Lipinski definition) is 6. The Morgan fingerprint density at radius 2 is 2.03 bits per heavy atom. The van der Waals surface area contributed by atoms with Crippen LogP contribution in [0.2, 0.25) is 5.02 Å². The second-order valence-corrected chi connectivity index (χ2v) is 11.5. The Labute approximate surface area is 233 Å². The van der Waals surface area contributed by atoms with Crippen molar-refractivity contribution in [1.29, 1.82) is 0 Å². The van der Waals surface area contributed by atoms with Crippen molar-refractivity contribution in [3.63, 3.8) is 0 Å². The van der Waals surface area contributed by atoms with Gasteiger partial charge in [-0.15, -0.1) is 0 Å². The molecule has 2 unspecified atom stereocenters. The van der Waals surface area contributed by atoms with Crippen LogP contribution in [0.1, 0.15) is 37.0 Å². The number of aromatic nitrogens is 3. The largest absolute Gasteiger partial charge is 0.387 e. The summed E-state index contributed by atoms with van der Waals surface area (Å²) in [5, 5.41) is 14.5. The summed E-state index contributed by atoms with van der Waals surface area (Å²) in [5.74, 6) is 0.499. The van der Waals surface area contributed by atoms with E-state index in [2.05, 4.69) is 51.1 Å². The molecule has 4 aromatic rings. The average molecular weight is 547 g/mol. The number of hydrogen-bond donors (Lipinski definition) is 4. The molecule has 2 aliphatic heterocycles. The fourth-order valence-electron chi connectivity index (χ4n) is 6.26. The Morgan fingerprint density at radius 3 is 2.82 bits per heavy atom.